The Hall–Kier alpha value is -2.20. The van der Waals surface area contributed by atoms with Crippen LogP contribution in [0, 0.1) is 0 Å². The average Bonchev–Trinajstić information content (AvgIpc) is 3.22. The van der Waals surface area contributed by atoms with Gasteiger partial charge in [0.15, 0.2) is 0 Å². The Balaban J connectivity index is 1.95. The van der Waals surface area contributed by atoms with E-state index in [4.69, 9.17) is 15.0 Å². The zero-order valence-electron chi connectivity index (χ0n) is 12.5. The summed E-state index contributed by atoms with van der Waals surface area (Å²) in [5, 5.41) is 9.71. The number of hydrogen-bond acceptors (Lipinski definition) is 4. The summed E-state index contributed by atoms with van der Waals surface area (Å²) < 4.78 is 0. The number of hydrogen-bond donors (Lipinski definition) is 0. The molecule has 0 fully saturated rings. The van der Waals surface area contributed by atoms with E-state index in [2.05, 4.69) is 18.6 Å². The van der Waals surface area contributed by atoms with E-state index in [-0.39, 0.29) is 0 Å². The van der Waals surface area contributed by atoms with Gasteiger partial charge in [-0.15, -0.1) is 11.8 Å². The number of rotatable bonds is 1. The average molecular weight is 313 g/mol. The van der Waals surface area contributed by atoms with Crippen LogP contribution < -0.4 is 0 Å². The van der Waals surface area contributed by atoms with Crippen molar-refractivity contribution in [1.82, 2.24) is 15.0 Å². The minimum absolute atomic E-state index is 0.928. The van der Waals surface area contributed by atoms with E-state index in [9.17, 15) is 0 Å². The van der Waals surface area contributed by atoms with Crippen LogP contribution in [0.25, 0.3) is 32.3 Å². The molecular weight excluding hydrogens is 302 g/mol. The number of pyridine rings is 3. The van der Waals surface area contributed by atoms with Gasteiger partial charge in [0, 0.05) is 53.2 Å². The van der Waals surface area contributed by atoms with Crippen LogP contribution in [0.5, 0.6) is 0 Å². The monoisotopic (exact) mass is 313 g/mol. The highest BCUT2D eigenvalue weighted by Gasteiger charge is 2.34. The number of aromatic nitrogens is 3. The summed E-state index contributed by atoms with van der Waals surface area (Å²) in [4.78, 5) is 14.6. The van der Waals surface area contributed by atoms with Gasteiger partial charge >= 0.3 is 0 Å². The molecule has 4 heteroatoms. The molecule has 3 heterocycles. The van der Waals surface area contributed by atoms with Crippen molar-refractivity contribution < 1.29 is 0 Å². The maximum Gasteiger partial charge on any atom is 0.100 e. The highest BCUT2D eigenvalue weighted by molar-refractivity contribution is 7.98. The zero-order valence-corrected chi connectivity index (χ0v) is 13.3. The molecule has 0 N–H and O–H groups in total. The summed E-state index contributed by atoms with van der Waals surface area (Å²) in [5.41, 5.74) is 7.82. The molecule has 3 aliphatic carbocycles. The van der Waals surface area contributed by atoms with Gasteiger partial charge in [-0.3, -0.25) is 9.97 Å². The van der Waals surface area contributed by atoms with E-state index < -0.39 is 0 Å². The van der Waals surface area contributed by atoms with Crippen molar-refractivity contribution in [2.75, 3.05) is 6.26 Å². The van der Waals surface area contributed by atoms with Crippen LogP contribution in [0.1, 0.15) is 33.8 Å². The zero-order chi connectivity index (χ0) is 14.9. The van der Waals surface area contributed by atoms with E-state index >= 15 is 0 Å². The third-order valence-corrected chi connectivity index (χ3v) is 6.53. The molecule has 4 aromatic rings. The van der Waals surface area contributed by atoms with Crippen LogP contribution >= 0.6 is 11.8 Å². The first-order valence-corrected chi connectivity index (χ1v) is 9.20. The molecule has 0 saturated heterocycles. The fourth-order valence-electron chi connectivity index (χ4n) is 5.01. The summed E-state index contributed by atoms with van der Waals surface area (Å²) in [6, 6.07) is 0. The number of nitrogens with zero attached hydrogens (tertiary/aromatic N) is 3. The lowest BCUT2D eigenvalue weighted by Crippen LogP contribution is -1.94. The lowest BCUT2D eigenvalue weighted by molar-refractivity contribution is 0.986. The van der Waals surface area contributed by atoms with Crippen LogP contribution in [0.2, 0.25) is 0 Å². The van der Waals surface area contributed by atoms with Crippen molar-refractivity contribution >= 4 is 44.1 Å². The predicted octanol–water partition coefficient (Wildman–Crippen LogP) is 3.77. The van der Waals surface area contributed by atoms with Crippen molar-refractivity contribution in [2.24, 2.45) is 0 Å². The van der Waals surface area contributed by atoms with Gasteiger partial charge in [0.1, 0.15) is 5.03 Å². The molecule has 0 spiro atoms. The Labute approximate surface area is 136 Å². The van der Waals surface area contributed by atoms with Gasteiger partial charge in [-0.2, -0.15) is 0 Å². The molecule has 0 radical (unpaired) electrons. The third-order valence-electron chi connectivity index (χ3n) is 5.81. The maximum atomic E-state index is 5.02. The van der Waals surface area contributed by atoms with Crippen molar-refractivity contribution in [3.8, 4) is 0 Å². The third kappa shape index (κ3) is 1.04. The molecule has 3 aliphatic rings. The highest BCUT2D eigenvalue weighted by atomic mass is 32.2. The van der Waals surface area contributed by atoms with Crippen LogP contribution in [0.4, 0.5) is 0 Å². The van der Waals surface area contributed by atoms with Crippen LogP contribution in [0.15, 0.2) is 17.4 Å². The van der Waals surface area contributed by atoms with Gasteiger partial charge in [-0.25, -0.2) is 4.98 Å². The van der Waals surface area contributed by atoms with E-state index in [1.165, 1.54) is 71.1 Å². The first-order chi connectivity index (χ1) is 11.3. The Morgan fingerprint density at radius 2 is 1.35 bits per heavy atom. The second-order valence-corrected chi connectivity index (χ2v) is 7.58. The largest absolute Gasteiger partial charge is 0.260 e. The Morgan fingerprint density at radius 1 is 0.739 bits per heavy atom. The Morgan fingerprint density at radius 3 is 2.09 bits per heavy atom. The minimum Gasteiger partial charge on any atom is -0.260 e. The standard InChI is InChI=1S/C19H11N3S/c1-23-19-9-4-11-17-13-7(5-21-11)2-10-16(13)14-8(6-20-10)3-12(22-19)18(14)15(9)17/h5-6H,2-4H2,1H3. The van der Waals surface area contributed by atoms with Gasteiger partial charge < -0.3 is 0 Å². The Bertz CT molecular complexity index is 1240. The molecule has 3 aromatic heterocycles. The molecule has 3 nitrogen and oxygen atoms in total. The topological polar surface area (TPSA) is 38.7 Å². The molecule has 0 aliphatic heterocycles. The SMILES string of the molecule is CSc1nc2c3c4c(cnc5c4c4c(cnc6c4c3c1C6)C5)C2. The molecule has 0 saturated carbocycles. The molecule has 23 heavy (non-hydrogen) atoms. The smallest absolute Gasteiger partial charge is 0.100 e. The molecule has 0 bridgehead atoms. The van der Waals surface area contributed by atoms with Crippen molar-refractivity contribution in [2.45, 2.75) is 24.3 Å². The predicted molar refractivity (Wildman–Crippen MR) is 92.5 cm³/mol. The second kappa shape index (κ2) is 3.34. The second-order valence-electron chi connectivity index (χ2n) is 6.79. The summed E-state index contributed by atoms with van der Waals surface area (Å²) in [6.45, 7) is 0. The molecule has 0 unspecified atom stereocenters. The normalized spacial score (nSPS) is 15.7. The van der Waals surface area contributed by atoms with Crippen molar-refractivity contribution in [3.63, 3.8) is 0 Å². The summed E-state index contributed by atoms with van der Waals surface area (Å²) in [7, 11) is 0. The summed E-state index contributed by atoms with van der Waals surface area (Å²) >= 11 is 1.77. The molecule has 7 rings (SSSR count). The first-order valence-electron chi connectivity index (χ1n) is 7.97. The van der Waals surface area contributed by atoms with E-state index in [0.29, 0.717) is 0 Å². The van der Waals surface area contributed by atoms with Gasteiger partial charge in [0.2, 0.25) is 0 Å². The van der Waals surface area contributed by atoms with E-state index in [1.807, 2.05) is 0 Å². The minimum atomic E-state index is 0.928. The fraction of sp³-hybridized carbons (Fsp3) is 0.211. The van der Waals surface area contributed by atoms with Gasteiger partial charge in [-0.05, 0) is 33.7 Å². The van der Waals surface area contributed by atoms with E-state index in [0.717, 1.165) is 19.3 Å². The van der Waals surface area contributed by atoms with Crippen LogP contribution in [-0.4, -0.2) is 21.2 Å². The maximum absolute atomic E-state index is 5.02. The molecule has 0 atom stereocenters. The van der Waals surface area contributed by atoms with Gasteiger partial charge in [-0.1, -0.05) is 0 Å². The van der Waals surface area contributed by atoms with Crippen molar-refractivity contribution in [1.29, 1.82) is 0 Å². The Kier molecular flexibility index (Phi) is 1.65. The lowest BCUT2D eigenvalue weighted by atomic mass is 9.98. The summed E-state index contributed by atoms with van der Waals surface area (Å²) in [6.07, 6.45) is 9.09. The lowest BCUT2D eigenvalue weighted by Gasteiger charge is -2.09. The van der Waals surface area contributed by atoms with Crippen LogP contribution in [0.3, 0.4) is 0 Å². The molecular formula is C19H11N3S. The molecule has 1 aromatic carbocycles. The quantitative estimate of drug-likeness (QED) is 0.342. The summed E-state index contributed by atoms with van der Waals surface area (Å²) in [5.74, 6) is 0. The number of benzene rings is 1. The van der Waals surface area contributed by atoms with Crippen LogP contribution in [-0.2, 0) is 19.3 Å². The number of thioether (sulfide) groups is 1. The first kappa shape index (κ1) is 11.4. The molecule has 0 amide bonds. The van der Waals surface area contributed by atoms with Crippen molar-refractivity contribution in [3.05, 3.63) is 46.2 Å². The fourth-order valence-corrected chi connectivity index (χ4v) is 5.63. The van der Waals surface area contributed by atoms with E-state index in [1.54, 1.807) is 11.8 Å². The van der Waals surface area contributed by atoms with Gasteiger partial charge in [0.05, 0.1) is 17.1 Å². The van der Waals surface area contributed by atoms with Gasteiger partial charge in [0.25, 0.3) is 0 Å². The highest BCUT2D eigenvalue weighted by Crippen LogP contribution is 2.52. The molecule has 108 valence electrons.